The van der Waals surface area contributed by atoms with E-state index in [4.69, 9.17) is 4.74 Å². The number of carbonyl (C=O) groups is 1. The van der Waals surface area contributed by atoms with E-state index >= 15 is 0 Å². The molecule has 0 unspecified atom stereocenters. The Labute approximate surface area is 114 Å². The minimum atomic E-state index is 0.166. The lowest BCUT2D eigenvalue weighted by atomic mass is 10.1. The molecule has 1 aromatic rings. The maximum Gasteiger partial charge on any atom is 0.161 e. The van der Waals surface area contributed by atoms with Crippen LogP contribution in [0.25, 0.3) is 0 Å². The first-order valence-corrected chi connectivity index (χ1v) is 6.81. The molecule has 0 heterocycles. The Kier molecular flexibility index (Phi) is 6.72. The van der Waals surface area contributed by atoms with Gasteiger partial charge in [0.25, 0.3) is 0 Å². The van der Waals surface area contributed by atoms with Crippen molar-refractivity contribution in [3.63, 3.8) is 0 Å². The maximum absolute atomic E-state index is 11.3. The van der Waals surface area contributed by atoms with Crippen molar-refractivity contribution < 1.29 is 14.6 Å². The molecule has 0 amide bonds. The van der Waals surface area contributed by atoms with Gasteiger partial charge in [0, 0.05) is 6.42 Å². The third kappa shape index (κ3) is 5.60. The summed E-state index contributed by atoms with van der Waals surface area (Å²) in [4.78, 5) is 11.3. The Hall–Kier alpha value is -1.77. The van der Waals surface area contributed by atoms with Crippen molar-refractivity contribution in [2.75, 3.05) is 6.61 Å². The van der Waals surface area contributed by atoms with Crippen molar-refractivity contribution in [3.05, 3.63) is 35.9 Å². The van der Waals surface area contributed by atoms with E-state index in [0.717, 1.165) is 24.8 Å². The van der Waals surface area contributed by atoms with E-state index in [1.807, 2.05) is 32.1 Å². The van der Waals surface area contributed by atoms with Crippen molar-refractivity contribution in [2.24, 2.45) is 0 Å². The molecule has 3 nitrogen and oxygen atoms in total. The van der Waals surface area contributed by atoms with E-state index < -0.39 is 0 Å². The fourth-order valence-electron chi connectivity index (χ4n) is 1.78. The van der Waals surface area contributed by atoms with Crippen molar-refractivity contribution in [3.8, 4) is 11.5 Å². The second-order valence-corrected chi connectivity index (χ2v) is 4.39. The third-order valence-corrected chi connectivity index (χ3v) is 2.72. The van der Waals surface area contributed by atoms with Crippen molar-refractivity contribution >= 4 is 5.78 Å². The zero-order valence-electron chi connectivity index (χ0n) is 11.7. The second kappa shape index (κ2) is 8.35. The number of phenols is 1. The molecule has 0 atom stereocenters. The van der Waals surface area contributed by atoms with Crippen molar-refractivity contribution in [1.29, 1.82) is 0 Å². The summed E-state index contributed by atoms with van der Waals surface area (Å²) in [7, 11) is 0. The molecule has 0 aliphatic carbocycles. The van der Waals surface area contributed by atoms with Gasteiger partial charge in [0.2, 0.25) is 0 Å². The average Bonchev–Trinajstić information content (AvgIpc) is 2.39. The molecule has 0 fully saturated rings. The predicted molar refractivity (Wildman–Crippen MR) is 76.7 cm³/mol. The van der Waals surface area contributed by atoms with Gasteiger partial charge in [-0.3, -0.25) is 4.79 Å². The molecule has 3 heteroatoms. The number of ether oxygens (including phenoxy) is 1. The molecule has 1 N–H and O–H groups in total. The number of phenolic OH excluding ortho intramolecular Hbond substituents is 1. The quantitative estimate of drug-likeness (QED) is 0.727. The molecule has 0 aliphatic rings. The first-order valence-electron chi connectivity index (χ1n) is 6.81. The number of allylic oxidation sites excluding steroid dienone is 2. The SMILES string of the molecule is CCCC(=O)C=CCCc1ccc(O)c(OCC)c1. The Balaban J connectivity index is 2.49. The van der Waals surface area contributed by atoms with Gasteiger partial charge in [-0.25, -0.2) is 0 Å². The zero-order valence-corrected chi connectivity index (χ0v) is 11.7. The van der Waals surface area contributed by atoms with Gasteiger partial charge in [0.15, 0.2) is 17.3 Å². The molecule has 104 valence electrons. The van der Waals surface area contributed by atoms with Gasteiger partial charge in [0.1, 0.15) is 0 Å². The average molecular weight is 262 g/mol. The van der Waals surface area contributed by atoms with Gasteiger partial charge in [-0.1, -0.05) is 19.1 Å². The van der Waals surface area contributed by atoms with Crippen LogP contribution in [0.4, 0.5) is 0 Å². The highest BCUT2D eigenvalue weighted by atomic mass is 16.5. The Morgan fingerprint density at radius 3 is 2.84 bits per heavy atom. The number of aryl methyl sites for hydroxylation is 1. The van der Waals surface area contributed by atoms with E-state index in [9.17, 15) is 9.90 Å². The second-order valence-electron chi connectivity index (χ2n) is 4.39. The lowest BCUT2D eigenvalue weighted by molar-refractivity contribution is -0.114. The largest absolute Gasteiger partial charge is 0.504 e. The number of hydrogen-bond acceptors (Lipinski definition) is 3. The highest BCUT2D eigenvalue weighted by Gasteiger charge is 2.02. The van der Waals surface area contributed by atoms with Crippen LogP contribution in [-0.2, 0) is 11.2 Å². The Morgan fingerprint density at radius 2 is 2.16 bits per heavy atom. The van der Waals surface area contributed by atoms with Crippen molar-refractivity contribution in [1.82, 2.24) is 0 Å². The number of ketones is 1. The first kappa shape index (κ1) is 15.3. The summed E-state index contributed by atoms with van der Waals surface area (Å²) in [5.74, 6) is 0.869. The molecular formula is C16H22O3. The van der Waals surface area contributed by atoms with Crippen LogP contribution in [0.3, 0.4) is 0 Å². The van der Waals surface area contributed by atoms with Gasteiger partial charge in [-0.15, -0.1) is 0 Å². The molecule has 0 radical (unpaired) electrons. The lowest BCUT2D eigenvalue weighted by Gasteiger charge is -2.07. The minimum absolute atomic E-state index is 0.166. The summed E-state index contributed by atoms with van der Waals surface area (Å²) >= 11 is 0. The van der Waals surface area contributed by atoms with Crippen LogP contribution in [-0.4, -0.2) is 17.5 Å². The van der Waals surface area contributed by atoms with Crippen LogP contribution in [0, 0.1) is 0 Å². The smallest absolute Gasteiger partial charge is 0.161 e. The number of hydrogen-bond donors (Lipinski definition) is 1. The molecule has 1 aromatic carbocycles. The van der Waals surface area contributed by atoms with Gasteiger partial charge in [0.05, 0.1) is 6.61 Å². The Bertz CT molecular complexity index is 436. The first-order chi connectivity index (χ1) is 9.17. The number of benzene rings is 1. The lowest BCUT2D eigenvalue weighted by Crippen LogP contribution is -1.94. The van der Waals surface area contributed by atoms with Gasteiger partial charge < -0.3 is 9.84 Å². The van der Waals surface area contributed by atoms with Gasteiger partial charge in [-0.2, -0.15) is 0 Å². The fraction of sp³-hybridized carbons (Fsp3) is 0.438. The van der Waals surface area contributed by atoms with Crippen LogP contribution in [0.15, 0.2) is 30.4 Å². The normalized spacial score (nSPS) is 10.8. The molecule has 1 rings (SSSR count). The van der Waals surface area contributed by atoms with Crippen LogP contribution in [0.5, 0.6) is 11.5 Å². The summed E-state index contributed by atoms with van der Waals surface area (Å²) in [6, 6.07) is 5.37. The van der Waals surface area contributed by atoms with Crippen LogP contribution < -0.4 is 4.74 Å². The van der Waals surface area contributed by atoms with E-state index in [1.54, 1.807) is 12.1 Å². The third-order valence-electron chi connectivity index (χ3n) is 2.72. The minimum Gasteiger partial charge on any atom is -0.504 e. The summed E-state index contributed by atoms with van der Waals surface area (Å²) < 4.78 is 5.33. The van der Waals surface area contributed by atoms with Gasteiger partial charge >= 0.3 is 0 Å². The fourth-order valence-corrected chi connectivity index (χ4v) is 1.78. The monoisotopic (exact) mass is 262 g/mol. The Morgan fingerprint density at radius 1 is 1.37 bits per heavy atom. The highest BCUT2D eigenvalue weighted by Crippen LogP contribution is 2.27. The molecule has 0 bridgehead atoms. The topological polar surface area (TPSA) is 46.5 Å². The van der Waals surface area contributed by atoms with E-state index in [1.165, 1.54) is 0 Å². The molecule has 0 aliphatic heterocycles. The van der Waals surface area contributed by atoms with Gasteiger partial charge in [-0.05, 0) is 50.0 Å². The molecule has 19 heavy (non-hydrogen) atoms. The summed E-state index contributed by atoms with van der Waals surface area (Å²) in [5.41, 5.74) is 1.09. The standard InChI is InChI=1S/C16H22O3/c1-3-7-14(17)9-6-5-8-13-10-11-15(18)16(12-13)19-4-2/h6,9-12,18H,3-5,7-8H2,1-2H3. The number of rotatable bonds is 8. The maximum atomic E-state index is 11.3. The predicted octanol–water partition coefficient (Wildman–Crippen LogP) is 3.65. The zero-order chi connectivity index (χ0) is 14.1. The highest BCUT2D eigenvalue weighted by molar-refractivity contribution is 5.89. The van der Waals surface area contributed by atoms with Crippen molar-refractivity contribution in [2.45, 2.75) is 39.5 Å². The molecule has 0 aromatic heterocycles. The summed E-state index contributed by atoms with van der Waals surface area (Å²) in [5, 5.41) is 9.59. The summed E-state index contributed by atoms with van der Waals surface area (Å²) in [6.45, 7) is 4.41. The molecule has 0 spiro atoms. The van der Waals surface area contributed by atoms with E-state index in [2.05, 4.69) is 0 Å². The van der Waals surface area contributed by atoms with Crippen LogP contribution in [0.2, 0.25) is 0 Å². The molecule has 0 saturated heterocycles. The number of carbonyl (C=O) groups excluding carboxylic acids is 1. The van der Waals surface area contributed by atoms with Crippen LogP contribution >= 0.6 is 0 Å². The van der Waals surface area contributed by atoms with E-state index in [0.29, 0.717) is 18.8 Å². The van der Waals surface area contributed by atoms with E-state index in [-0.39, 0.29) is 11.5 Å². The summed E-state index contributed by atoms with van der Waals surface area (Å²) in [6.07, 6.45) is 6.71. The van der Waals surface area contributed by atoms with Crippen LogP contribution in [0.1, 0.15) is 38.7 Å². The number of aromatic hydroxyl groups is 1. The molecular weight excluding hydrogens is 240 g/mol. The molecule has 0 saturated carbocycles.